The quantitative estimate of drug-likeness (QED) is 0.374. The molecule has 1 saturated heterocycles. The lowest BCUT2D eigenvalue weighted by Crippen LogP contribution is -2.41. The fourth-order valence-electron chi connectivity index (χ4n) is 4.54. The predicted molar refractivity (Wildman–Crippen MR) is 123 cm³/mol. The number of phenols is 1. The van der Waals surface area contributed by atoms with E-state index in [0.29, 0.717) is 29.1 Å². The van der Waals surface area contributed by atoms with Crippen LogP contribution >= 0.6 is 0 Å². The maximum Gasteiger partial charge on any atom is 0.344 e. The largest absolute Gasteiger partial charge is 0.507 e. The summed E-state index contributed by atoms with van der Waals surface area (Å²) in [6, 6.07) is 21.9. The van der Waals surface area contributed by atoms with E-state index in [0.717, 1.165) is 43.2 Å². The number of hydrogen-bond donors (Lipinski definition) is 2. The van der Waals surface area contributed by atoms with Crippen molar-refractivity contribution in [2.45, 2.75) is 32.0 Å². The Labute approximate surface area is 180 Å². The van der Waals surface area contributed by atoms with Crippen molar-refractivity contribution in [1.29, 1.82) is 0 Å². The summed E-state index contributed by atoms with van der Waals surface area (Å²) in [4.78, 5) is 15.0. The maximum atomic E-state index is 12.5. The second kappa shape index (κ2) is 8.53. The Morgan fingerprint density at radius 1 is 0.903 bits per heavy atom. The fraction of sp³-hybridized carbons (Fsp3) is 0.269. The molecule has 1 aliphatic heterocycles. The number of benzene rings is 3. The number of rotatable bonds is 5. The van der Waals surface area contributed by atoms with Gasteiger partial charge in [-0.05, 0) is 55.1 Å². The topological polar surface area (TPSA) is 65.7 Å². The van der Waals surface area contributed by atoms with E-state index in [-0.39, 0.29) is 11.4 Å². The number of fused-ring (bicyclic) bond motifs is 3. The standard InChI is InChI=1S/C26H26N2O3/c29-24-11-10-21-20-8-4-5-9-22(20)26(30)31-25(21)23(24)16-27-19-12-14-28(15-13-19)17-18-6-2-1-3-7-18/h1-11,19,27,29H,12-17H2. The first-order chi connectivity index (χ1) is 15.2. The van der Waals surface area contributed by atoms with Gasteiger partial charge in [-0.15, -0.1) is 0 Å². The minimum Gasteiger partial charge on any atom is -0.507 e. The predicted octanol–water partition coefficient (Wildman–Crippen LogP) is 4.41. The summed E-state index contributed by atoms with van der Waals surface area (Å²) in [5, 5.41) is 16.3. The van der Waals surface area contributed by atoms with Crippen LogP contribution in [0.15, 0.2) is 75.9 Å². The smallest absolute Gasteiger partial charge is 0.344 e. The zero-order chi connectivity index (χ0) is 21.2. The van der Waals surface area contributed by atoms with Crippen molar-refractivity contribution in [1.82, 2.24) is 10.2 Å². The van der Waals surface area contributed by atoms with E-state index in [9.17, 15) is 9.90 Å². The lowest BCUT2D eigenvalue weighted by Gasteiger charge is -2.32. The van der Waals surface area contributed by atoms with Crippen LogP contribution in [0.3, 0.4) is 0 Å². The van der Waals surface area contributed by atoms with Crippen LogP contribution in [0.25, 0.3) is 21.7 Å². The molecule has 5 heteroatoms. The van der Waals surface area contributed by atoms with Gasteiger partial charge < -0.3 is 14.8 Å². The van der Waals surface area contributed by atoms with E-state index in [1.54, 1.807) is 12.1 Å². The Hall–Kier alpha value is -3.15. The number of nitrogens with one attached hydrogen (secondary N) is 1. The van der Waals surface area contributed by atoms with E-state index in [2.05, 4.69) is 34.5 Å². The monoisotopic (exact) mass is 414 g/mol. The molecule has 1 aromatic heterocycles. The summed E-state index contributed by atoms with van der Waals surface area (Å²) < 4.78 is 5.65. The first kappa shape index (κ1) is 19.8. The number of nitrogens with zero attached hydrogens (tertiary/aromatic N) is 1. The van der Waals surface area contributed by atoms with Crippen LogP contribution < -0.4 is 10.9 Å². The highest BCUT2D eigenvalue weighted by Crippen LogP contribution is 2.31. The highest BCUT2D eigenvalue weighted by Gasteiger charge is 2.20. The molecule has 2 heterocycles. The van der Waals surface area contributed by atoms with E-state index in [1.807, 2.05) is 30.3 Å². The van der Waals surface area contributed by atoms with Crippen molar-refractivity contribution in [3.63, 3.8) is 0 Å². The van der Waals surface area contributed by atoms with Crippen molar-refractivity contribution in [2.75, 3.05) is 13.1 Å². The van der Waals surface area contributed by atoms with Gasteiger partial charge in [-0.3, -0.25) is 4.90 Å². The summed E-state index contributed by atoms with van der Waals surface area (Å²) in [6.45, 7) is 3.52. The van der Waals surface area contributed by atoms with Crippen molar-refractivity contribution >= 4 is 21.7 Å². The molecule has 0 amide bonds. The van der Waals surface area contributed by atoms with Crippen LogP contribution in [0.1, 0.15) is 24.0 Å². The van der Waals surface area contributed by atoms with Crippen molar-refractivity contribution in [2.24, 2.45) is 0 Å². The van der Waals surface area contributed by atoms with Crippen molar-refractivity contribution in [3.8, 4) is 5.75 Å². The zero-order valence-electron chi connectivity index (χ0n) is 17.4. The highest BCUT2D eigenvalue weighted by atomic mass is 16.4. The summed E-state index contributed by atoms with van der Waals surface area (Å²) in [5.74, 6) is 0.153. The molecular weight excluding hydrogens is 388 g/mol. The summed E-state index contributed by atoms with van der Waals surface area (Å²) in [6.07, 6.45) is 2.09. The normalized spacial score (nSPS) is 15.6. The van der Waals surface area contributed by atoms with Gasteiger partial charge in [0.1, 0.15) is 11.3 Å². The molecule has 31 heavy (non-hydrogen) atoms. The Bertz CT molecular complexity index is 1260. The van der Waals surface area contributed by atoms with Gasteiger partial charge in [-0.2, -0.15) is 0 Å². The van der Waals surface area contributed by atoms with Gasteiger partial charge in [0.2, 0.25) is 0 Å². The maximum absolute atomic E-state index is 12.5. The Kier molecular flexibility index (Phi) is 5.45. The number of likely N-dealkylation sites (tertiary alicyclic amines) is 1. The van der Waals surface area contributed by atoms with Crippen molar-refractivity contribution in [3.05, 3.63) is 88.3 Å². The molecule has 2 N–H and O–H groups in total. The van der Waals surface area contributed by atoms with Gasteiger partial charge in [0, 0.05) is 24.5 Å². The van der Waals surface area contributed by atoms with Gasteiger partial charge >= 0.3 is 5.63 Å². The molecule has 0 bridgehead atoms. The van der Waals surface area contributed by atoms with E-state index >= 15 is 0 Å². The Morgan fingerprint density at radius 2 is 1.61 bits per heavy atom. The van der Waals surface area contributed by atoms with Gasteiger partial charge in [0.25, 0.3) is 0 Å². The van der Waals surface area contributed by atoms with Gasteiger partial charge in [0.05, 0.1) is 10.9 Å². The van der Waals surface area contributed by atoms with Crippen LogP contribution in [-0.2, 0) is 13.1 Å². The molecule has 5 rings (SSSR count). The van der Waals surface area contributed by atoms with Crippen LogP contribution in [0, 0.1) is 0 Å². The SMILES string of the molecule is O=c1oc2c(CNC3CCN(Cc4ccccc4)CC3)c(O)ccc2c2ccccc12. The third-order valence-electron chi connectivity index (χ3n) is 6.27. The van der Waals surface area contributed by atoms with Crippen LogP contribution in [0.4, 0.5) is 0 Å². The zero-order valence-corrected chi connectivity index (χ0v) is 17.4. The van der Waals surface area contributed by atoms with Crippen LogP contribution in [0.5, 0.6) is 5.75 Å². The molecule has 5 nitrogen and oxygen atoms in total. The van der Waals surface area contributed by atoms with Crippen LogP contribution in [0.2, 0.25) is 0 Å². The molecule has 0 unspecified atom stereocenters. The molecule has 0 atom stereocenters. The first-order valence-corrected chi connectivity index (χ1v) is 10.8. The first-order valence-electron chi connectivity index (χ1n) is 10.8. The summed E-state index contributed by atoms with van der Waals surface area (Å²) in [5.41, 5.74) is 2.09. The lowest BCUT2D eigenvalue weighted by molar-refractivity contribution is 0.190. The minimum atomic E-state index is -0.371. The second-order valence-corrected chi connectivity index (χ2v) is 8.29. The molecule has 0 spiro atoms. The average Bonchev–Trinajstić information content (AvgIpc) is 2.80. The average molecular weight is 415 g/mol. The number of aromatic hydroxyl groups is 1. The summed E-state index contributed by atoms with van der Waals surface area (Å²) >= 11 is 0. The third kappa shape index (κ3) is 4.07. The summed E-state index contributed by atoms with van der Waals surface area (Å²) in [7, 11) is 0. The molecule has 0 saturated carbocycles. The minimum absolute atomic E-state index is 0.153. The van der Waals surface area contributed by atoms with Crippen molar-refractivity contribution < 1.29 is 9.52 Å². The third-order valence-corrected chi connectivity index (χ3v) is 6.27. The highest BCUT2D eigenvalue weighted by molar-refractivity contribution is 6.05. The van der Waals surface area contributed by atoms with Crippen LogP contribution in [-0.4, -0.2) is 29.1 Å². The van der Waals surface area contributed by atoms with Gasteiger partial charge in [-0.1, -0.05) is 48.5 Å². The molecule has 0 aliphatic carbocycles. The van der Waals surface area contributed by atoms with E-state index in [4.69, 9.17) is 4.42 Å². The molecule has 1 aliphatic rings. The number of hydrogen-bond acceptors (Lipinski definition) is 5. The molecule has 4 aromatic rings. The second-order valence-electron chi connectivity index (χ2n) is 8.29. The van der Waals surface area contributed by atoms with Gasteiger partial charge in [-0.25, -0.2) is 4.79 Å². The van der Waals surface area contributed by atoms with E-state index in [1.165, 1.54) is 5.56 Å². The molecular formula is C26H26N2O3. The Morgan fingerprint density at radius 3 is 2.39 bits per heavy atom. The number of phenolic OH excluding ortho intramolecular Hbond substituents is 1. The number of piperidine rings is 1. The lowest BCUT2D eigenvalue weighted by atomic mass is 10.0. The molecule has 0 radical (unpaired) electrons. The van der Waals surface area contributed by atoms with Gasteiger partial charge in [0.15, 0.2) is 0 Å². The fourth-order valence-corrected chi connectivity index (χ4v) is 4.54. The molecule has 1 fully saturated rings. The molecule has 158 valence electrons. The molecule has 3 aromatic carbocycles. The van der Waals surface area contributed by atoms with E-state index < -0.39 is 0 Å². The Balaban J connectivity index is 1.30.